The number of hydrogen-bond donors (Lipinski definition) is 0. The standard InChI is InChI=1S/C16H18N2O3/c1-10(2)13-6-5-12(7-11(13)3)21-15-9-17-8-14(18-15)16(19)20-4/h5-10H,1-4H3. The van der Waals surface area contributed by atoms with Gasteiger partial charge in [-0.25, -0.2) is 9.78 Å². The summed E-state index contributed by atoms with van der Waals surface area (Å²) in [7, 11) is 1.30. The van der Waals surface area contributed by atoms with Gasteiger partial charge >= 0.3 is 5.97 Å². The molecule has 0 bridgehead atoms. The number of methoxy groups -OCH3 is 1. The third kappa shape index (κ3) is 3.56. The summed E-state index contributed by atoms with van der Waals surface area (Å²) < 4.78 is 10.3. The minimum absolute atomic E-state index is 0.116. The highest BCUT2D eigenvalue weighted by Gasteiger charge is 2.10. The number of hydrogen-bond acceptors (Lipinski definition) is 5. The van der Waals surface area contributed by atoms with Crippen molar-refractivity contribution < 1.29 is 14.3 Å². The molecule has 0 radical (unpaired) electrons. The SMILES string of the molecule is COC(=O)c1cncc(Oc2ccc(C(C)C)c(C)c2)n1. The molecule has 0 spiro atoms. The maximum absolute atomic E-state index is 11.4. The Kier molecular flexibility index (Phi) is 4.52. The molecule has 110 valence electrons. The van der Waals surface area contributed by atoms with Crippen LogP contribution in [0.1, 0.15) is 41.4 Å². The minimum atomic E-state index is -0.542. The Hall–Kier alpha value is -2.43. The fourth-order valence-corrected chi connectivity index (χ4v) is 2.08. The first kappa shape index (κ1) is 15.0. The van der Waals surface area contributed by atoms with E-state index < -0.39 is 5.97 Å². The van der Waals surface area contributed by atoms with Gasteiger partial charge in [0.05, 0.1) is 19.5 Å². The minimum Gasteiger partial charge on any atom is -0.464 e. The molecule has 0 saturated heterocycles. The maximum atomic E-state index is 11.4. The molecular weight excluding hydrogens is 268 g/mol. The number of benzene rings is 1. The number of carbonyl (C=O) groups excluding carboxylic acids is 1. The number of esters is 1. The Bertz CT molecular complexity index is 654. The molecule has 0 amide bonds. The molecule has 0 saturated carbocycles. The number of nitrogens with zero attached hydrogens (tertiary/aromatic N) is 2. The van der Waals surface area contributed by atoms with Crippen LogP contribution in [-0.4, -0.2) is 23.0 Å². The molecule has 0 N–H and O–H groups in total. The number of aryl methyl sites for hydroxylation is 1. The normalized spacial score (nSPS) is 10.5. The molecule has 0 fully saturated rings. The predicted molar refractivity (Wildman–Crippen MR) is 78.7 cm³/mol. The van der Waals surface area contributed by atoms with Crippen LogP contribution in [0.2, 0.25) is 0 Å². The van der Waals surface area contributed by atoms with E-state index in [0.29, 0.717) is 11.7 Å². The molecule has 21 heavy (non-hydrogen) atoms. The van der Waals surface area contributed by atoms with E-state index >= 15 is 0 Å². The third-order valence-electron chi connectivity index (χ3n) is 3.09. The summed E-state index contributed by atoms with van der Waals surface area (Å²) >= 11 is 0. The van der Waals surface area contributed by atoms with Crippen molar-refractivity contribution in [2.75, 3.05) is 7.11 Å². The largest absolute Gasteiger partial charge is 0.464 e. The second kappa shape index (κ2) is 6.35. The van der Waals surface area contributed by atoms with E-state index in [0.717, 1.165) is 5.56 Å². The summed E-state index contributed by atoms with van der Waals surface area (Å²) in [4.78, 5) is 19.4. The van der Waals surface area contributed by atoms with E-state index in [1.54, 1.807) is 0 Å². The van der Waals surface area contributed by atoms with Crippen molar-refractivity contribution in [2.45, 2.75) is 26.7 Å². The van der Waals surface area contributed by atoms with E-state index in [2.05, 4.69) is 28.6 Å². The Balaban J connectivity index is 2.22. The van der Waals surface area contributed by atoms with Crippen molar-refractivity contribution in [3.63, 3.8) is 0 Å². The number of rotatable bonds is 4. The van der Waals surface area contributed by atoms with E-state index in [4.69, 9.17) is 4.74 Å². The van der Waals surface area contributed by atoms with Gasteiger partial charge in [-0.05, 0) is 36.1 Å². The lowest BCUT2D eigenvalue weighted by Gasteiger charge is -2.12. The molecule has 2 aromatic rings. The molecule has 0 aliphatic carbocycles. The lowest BCUT2D eigenvalue weighted by atomic mass is 9.98. The number of carbonyl (C=O) groups is 1. The third-order valence-corrected chi connectivity index (χ3v) is 3.09. The lowest BCUT2D eigenvalue weighted by Crippen LogP contribution is -2.05. The quantitative estimate of drug-likeness (QED) is 0.805. The molecule has 0 aliphatic heterocycles. The Labute approximate surface area is 124 Å². The average Bonchev–Trinajstić information content (AvgIpc) is 2.46. The van der Waals surface area contributed by atoms with Crippen LogP contribution in [0, 0.1) is 6.92 Å². The molecule has 5 heteroatoms. The first-order valence-corrected chi connectivity index (χ1v) is 6.70. The highest BCUT2D eigenvalue weighted by atomic mass is 16.5. The Morgan fingerprint density at radius 1 is 1.24 bits per heavy atom. The highest BCUT2D eigenvalue weighted by Crippen LogP contribution is 2.26. The molecule has 0 unspecified atom stereocenters. The summed E-state index contributed by atoms with van der Waals surface area (Å²) in [6, 6.07) is 5.86. The van der Waals surface area contributed by atoms with Gasteiger partial charge < -0.3 is 9.47 Å². The van der Waals surface area contributed by atoms with Crippen LogP contribution < -0.4 is 4.74 Å². The van der Waals surface area contributed by atoms with Crippen molar-refractivity contribution in [3.8, 4) is 11.6 Å². The van der Waals surface area contributed by atoms with Crippen LogP contribution in [0.25, 0.3) is 0 Å². The van der Waals surface area contributed by atoms with E-state index in [-0.39, 0.29) is 11.6 Å². The Morgan fingerprint density at radius 3 is 2.62 bits per heavy atom. The van der Waals surface area contributed by atoms with Gasteiger partial charge in [0.15, 0.2) is 5.69 Å². The summed E-state index contributed by atoms with van der Waals surface area (Å²) in [5.74, 6) is 0.837. The van der Waals surface area contributed by atoms with Gasteiger partial charge in [-0.15, -0.1) is 0 Å². The van der Waals surface area contributed by atoms with Crippen LogP contribution in [0.3, 0.4) is 0 Å². The smallest absolute Gasteiger partial charge is 0.358 e. The second-order valence-electron chi connectivity index (χ2n) is 5.01. The summed E-state index contributed by atoms with van der Waals surface area (Å²) in [6.07, 6.45) is 2.80. The van der Waals surface area contributed by atoms with Gasteiger partial charge in [0.1, 0.15) is 5.75 Å². The van der Waals surface area contributed by atoms with Crippen molar-refractivity contribution in [3.05, 3.63) is 47.4 Å². The zero-order valence-electron chi connectivity index (χ0n) is 12.6. The topological polar surface area (TPSA) is 61.3 Å². The van der Waals surface area contributed by atoms with E-state index in [1.807, 2.05) is 25.1 Å². The van der Waals surface area contributed by atoms with Crippen molar-refractivity contribution >= 4 is 5.97 Å². The Morgan fingerprint density at radius 2 is 2.00 bits per heavy atom. The van der Waals surface area contributed by atoms with E-state index in [9.17, 15) is 4.79 Å². The van der Waals surface area contributed by atoms with E-state index in [1.165, 1.54) is 25.1 Å². The highest BCUT2D eigenvalue weighted by molar-refractivity contribution is 5.86. The second-order valence-corrected chi connectivity index (χ2v) is 5.01. The summed E-state index contributed by atoms with van der Waals surface area (Å²) in [6.45, 7) is 6.33. The van der Waals surface area contributed by atoms with Crippen LogP contribution in [0.4, 0.5) is 0 Å². The van der Waals surface area contributed by atoms with Gasteiger partial charge in [0, 0.05) is 0 Å². The van der Waals surface area contributed by atoms with Gasteiger partial charge in [-0.3, -0.25) is 4.98 Å². The average molecular weight is 286 g/mol. The molecule has 1 heterocycles. The van der Waals surface area contributed by atoms with Crippen LogP contribution in [0.15, 0.2) is 30.6 Å². The zero-order valence-corrected chi connectivity index (χ0v) is 12.6. The zero-order chi connectivity index (χ0) is 15.4. The fourth-order valence-electron chi connectivity index (χ4n) is 2.08. The van der Waals surface area contributed by atoms with Crippen molar-refractivity contribution in [2.24, 2.45) is 0 Å². The molecule has 1 aromatic carbocycles. The van der Waals surface area contributed by atoms with Crippen LogP contribution in [0.5, 0.6) is 11.6 Å². The molecule has 0 aliphatic rings. The lowest BCUT2D eigenvalue weighted by molar-refractivity contribution is 0.0592. The number of ether oxygens (including phenoxy) is 2. The maximum Gasteiger partial charge on any atom is 0.358 e. The van der Waals surface area contributed by atoms with Gasteiger partial charge in [-0.1, -0.05) is 19.9 Å². The monoisotopic (exact) mass is 286 g/mol. The molecule has 2 rings (SSSR count). The van der Waals surface area contributed by atoms with Gasteiger partial charge in [0.2, 0.25) is 5.88 Å². The predicted octanol–water partition coefficient (Wildman–Crippen LogP) is 3.49. The summed E-state index contributed by atoms with van der Waals surface area (Å²) in [5.41, 5.74) is 2.54. The van der Waals surface area contributed by atoms with Crippen molar-refractivity contribution in [1.29, 1.82) is 0 Å². The van der Waals surface area contributed by atoms with Gasteiger partial charge in [0.25, 0.3) is 0 Å². The molecule has 5 nitrogen and oxygen atoms in total. The van der Waals surface area contributed by atoms with Crippen LogP contribution >= 0.6 is 0 Å². The molecule has 1 aromatic heterocycles. The molecular formula is C16H18N2O3. The van der Waals surface area contributed by atoms with Crippen LogP contribution in [-0.2, 0) is 4.74 Å². The first-order valence-electron chi connectivity index (χ1n) is 6.70. The molecule has 0 atom stereocenters. The number of aromatic nitrogens is 2. The fraction of sp³-hybridized carbons (Fsp3) is 0.312. The summed E-state index contributed by atoms with van der Waals surface area (Å²) in [5, 5.41) is 0. The van der Waals surface area contributed by atoms with Gasteiger partial charge in [-0.2, -0.15) is 0 Å². The van der Waals surface area contributed by atoms with Crippen molar-refractivity contribution in [1.82, 2.24) is 9.97 Å². The first-order chi connectivity index (χ1) is 10.0.